The standard InChI is InChI=1S/C25H23N3O3/c1-30-24-10-6-5-9-21(24)22-15-23(28-27-22)25(29)26-16-18-11-13-20(14-12-18)31-17-19-7-3-2-4-8-19/h2-15H,16-17H2,1H3,(H,26,29)(H,27,28). The average Bonchev–Trinajstić information content (AvgIpc) is 3.33. The Morgan fingerprint density at radius 2 is 1.68 bits per heavy atom. The molecule has 6 heteroatoms. The predicted molar refractivity (Wildman–Crippen MR) is 119 cm³/mol. The topological polar surface area (TPSA) is 76.2 Å². The highest BCUT2D eigenvalue weighted by Crippen LogP contribution is 2.28. The zero-order valence-corrected chi connectivity index (χ0v) is 17.2. The van der Waals surface area contributed by atoms with Gasteiger partial charge in [0.2, 0.25) is 0 Å². The highest BCUT2D eigenvalue weighted by molar-refractivity contribution is 5.93. The van der Waals surface area contributed by atoms with Gasteiger partial charge in [-0.25, -0.2) is 0 Å². The Bertz CT molecular complexity index is 1140. The number of benzene rings is 3. The Morgan fingerprint density at radius 3 is 2.45 bits per heavy atom. The molecular formula is C25H23N3O3. The maximum Gasteiger partial charge on any atom is 0.269 e. The summed E-state index contributed by atoms with van der Waals surface area (Å²) >= 11 is 0. The van der Waals surface area contributed by atoms with E-state index >= 15 is 0 Å². The summed E-state index contributed by atoms with van der Waals surface area (Å²) in [7, 11) is 1.61. The molecule has 0 radical (unpaired) electrons. The van der Waals surface area contributed by atoms with Crippen molar-refractivity contribution in [2.45, 2.75) is 13.2 Å². The van der Waals surface area contributed by atoms with Crippen LogP contribution in [0.4, 0.5) is 0 Å². The van der Waals surface area contributed by atoms with Crippen molar-refractivity contribution in [2.75, 3.05) is 7.11 Å². The van der Waals surface area contributed by atoms with E-state index in [0.29, 0.717) is 30.3 Å². The molecule has 1 aromatic heterocycles. The Balaban J connectivity index is 1.32. The van der Waals surface area contributed by atoms with Gasteiger partial charge in [0.05, 0.1) is 12.8 Å². The fourth-order valence-electron chi connectivity index (χ4n) is 3.15. The molecule has 6 nitrogen and oxygen atoms in total. The lowest BCUT2D eigenvalue weighted by Gasteiger charge is -2.08. The van der Waals surface area contributed by atoms with Crippen LogP contribution < -0.4 is 14.8 Å². The number of carbonyl (C=O) groups is 1. The van der Waals surface area contributed by atoms with Gasteiger partial charge in [0, 0.05) is 12.1 Å². The van der Waals surface area contributed by atoms with Gasteiger partial charge in [-0.3, -0.25) is 9.89 Å². The number of nitrogens with one attached hydrogen (secondary N) is 2. The van der Waals surface area contributed by atoms with Crippen molar-refractivity contribution in [1.29, 1.82) is 0 Å². The summed E-state index contributed by atoms with van der Waals surface area (Å²) in [5.41, 5.74) is 3.97. The lowest BCUT2D eigenvalue weighted by atomic mass is 10.1. The maximum absolute atomic E-state index is 12.5. The number of amides is 1. The molecule has 0 bridgehead atoms. The monoisotopic (exact) mass is 413 g/mol. The summed E-state index contributed by atoms with van der Waals surface area (Å²) in [6, 6.07) is 27.0. The molecule has 1 amide bonds. The van der Waals surface area contributed by atoms with E-state index in [9.17, 15) is 4.79 Å². The van der Waals surface area contributed by atoms with Crippen molar-refractivity contribution in [3.05, 3.63) is 102 Å². The van der Waals surface area contributed by atoms with Crippen molar-refractivity contribution in [2.24, 2.45) is 0 Å². The summed E-state index contributed by atoms with van der Waals surface area (Å²) in [6.07, 6.45) is 0. The molecule has 0 spiro atoms. The molecule has 0 saturated carbocycles. The molecule has 0 aliphatic heterocycles. The van der Waals surface area contributed by atoms with Gasteiger partial charge in [-0.1, -0.05) is 54.6 Å². The number of ether oxygens (including phenoxy) is 2. The zero-order valence-electron chi connectivity index (χ0n) is 17.2. The van der Waals surface area contributed by atoms with E-state index in [-0.39, 0.29) is 5.91 Å². The largest absolute Gasteiger partial charge is 0.496 e. The number of nitrogens with zero attached hydrogens (tertiary/aromatic N) is 1. The summed E-state index contributed by atoms with van der Waals surface area (Å²) < 4.78 is 11.2. The van der Waals surface area contributed by atoms with Crippen molar-refractivity contribution in [3.63, 3.8) is 0 Å². The fourth-order valence-corrected chi connectivity index (χ4v) is 3.15. The van der Waals surface area contributed by atoms with Gasteiger partial charge in [-0.05, 0) is 41.5 Å². The Hall–Kier alpha value is -4.06. The van der Waals surface area contributed by atoms with E-state index in [1.807, 2.05) is 78.9 Å². The zero-order chi connectivity index (χ0) is 21.5. The number of rotatable bonds is 8. The first kappa shape index (κ1) is 20.2. The first-order valence-electron chi connectivity index (χ1n) is 9.95. The van der Waals surface area contributed by atoms with Crippen LogP contribution in [-0.4, -0.2) is 23.2 Å². The molecule has 4 aromatic rings. The third kappa shape index (κ3) is 5.11. The molecule has 3 aromatic carbocycles. The van der Waals surface area contributed by atoms with E-state index in [2.05, 4.69) is 15.5 Å². The molecule has 0 aliphatic rings. The second-order valence-electron chi connectivity index (χ2n) is 6.97. The quantitative estimate of drug-likeness (QED) is 0.443. The van der Waals surface area contributed by atoms with Gasteiger partial charge in [0.1, 0.15) is 23.8 Å². The second kappa shape index (κ2) is 9.63. The predicted octanol–water partition coefficient (Wildman–Crippen LogP) is 4.59. The highest BCUT2D eigenvalue weighted by atomic mass is 16.5. The number of aromatic nitrogens is 2. The lowest BCUT2D eigenvalue weighted by Crippen LogP contribution is -2.23. The van der Waals surface area contributed by atoms with E-state index < -0.39 is 0 Å². The summed E-state index contributed by atoms with van der Waals surface area (Å²) in [5.74, 6) is 1.27. The van der Waals surface area contributed by atoms with Crippen molar-refractivity contribution in [1.82, 2.24) is 15.5 Å². The van der Waals surface area contributed by atoms with Crippen LogP contribution in [0.25, 0.3) is 11.3 Å². The van der Waals surface area contributed by atoms with Crippen LogP contribution in [0.3, 0.4) is 0 Å². The van der Waals surface area contributed by atoms with Crippen LogP contribution in [0.5, 0.6) is 11.5 Å². The minimum atomic E-state index is -0.224. The van der Waals surface area contributed by atoms with Gasteiger partial charge in [-0.2, -0.15) is 5.10 Å². The van der Waals surface area contributed by atoms with Gasteiger partial charge < -0.3 is 14.8 Å². The average molecular weight is 413 g/mol. The number of hydrogen-bond acceptors (Lipinski definition) is 4. The van der Waals surface area contributed by atoms with Crippen LogP contribution in [0.1, 0.15) is 21.6 Å². The Morgan fingerprint density at radius 1 is 0.935 bits per heavy atom. The molecule has 1 heterocycles. The molecule has 4 rings (SSSR count). The molecule has 0 saturated heterocycles. The number of aromatic amines is 1. The molecule has 0 unspecified atom stereocenters. The molecular weight excluding hydrogens is 390 g/mol. The fraction of sp³-hybridized carbons (Fsp3) is 0.120. The van der Waals surface area contributed by atoms with E-state index in [4.69, 9.17) is 9.47 Å². The molecule has 0 atom stereocenters. The van der Waals surface area contributed by atoms with Crippen LogP contribution in [0.15, 0.2) is 84.9 Å². The Labute approximate surface area is 180 Å². The van der Waals surface area contributed by atoms with Crippen LogP contribution in [-0.2, 0) is 13.2 Å². The van der Waals surface area contributed by atoms with Gasteiger partial charge in [-0.15, -0.1) is 0 Å². The lowest BCUT2D eigenvalue weighted by molar-refractivity contribution is 0.0946. The van der Waals surface area contributed by atoms with Crippen molar-refractivity contribution < 1.29 is 14.3 Å². The first-order valence-corrected chi connectivity index (χ1v) is 9.95. The third-order valence-electron chi connectivity index (χ3n) is 4.83. The molecule has 0 fully saturated rings. The number of carbonyl (C=O) groups excluding carboxylic acids is 1. The number of para-hydroxylation sites is 1. The second-order valence-corrected chi connectivity index (χ2v) is 6.97. The van der Waals surface area contributed by atoms with Gasteiger partial charge >= 0.3 is 0 Å². The van der Waals surface area contributed by atoms with Crippen molar-refractivity contribution in [3.8, 4) is 22.8 Å². The van der Waals surface area contributed by atoms with Crippen molar-refractivity contribution >= 4 is 5.91 Å². The van der Waals surface area contributed by atoms with E-state index in [1.54, 1.807) is 13.2 Å². The smallest absolute Gasteiger partial charge is 0.269 e. The molecule has 31 heavy (non-hydrogen) atoms. The third-order valence-corrected chi connectivity index (χ3v) is 4.83. The molecule has 0 aliphatic carbocycles. The van der Waals surface area contributed by atoms with Crippen LogP contribution in [0, 0.1) is 0 Å². The molecule has 156 valence electrons. The number of methoxy groups -OCH3 is 1. The summed E-state index contributed by atoms with van der Waals surface area (Å²) in [4.78, 5) is 12.5. The Kier molecular flexibility index (Phi) is 6.28. The minimum Gasteiger partial charge on any atom is -0.496 e. The number of hydrogen-bond donors (Lipinski definition) is 2. The minimum absolute atomic E-state index is 0.224. The number of H-pyrrole nitrogens is 1. The first-order chi connectivity index (χ1) is 15.2. The summed E-state index contributed by atoms with van der Waals surface area (Å²) in [6.45, 7) is 0.923. The summed E-state index contributed by atoms with van der Waals surface area (Å²) in [5, 5.41) is 9.94. The van der Waals surface area contributed by atoms with Gasteiger partial charge in [0.25, 0.3) is 5.91 Å². The normalized spacial score (nSPS) is 10.5. The maximum atomic E-state index is 12.5. The van der Waals surface area contributed by atoms with Gasteiger partial charge in [0.15, 0.2) is 0 Å². The molecule has 2 N–H and O–H groups in total. The van der Waals surface area contributed by atoms with Crippen LogP contribution >= 0.6 is 0 Å². The highest BCUT2D eigenvalue weighted by Gasteiger charge is 2.13. The van der Waals surface area contributed by atoms with E-state index in [1.165, 1.54) is 0 Å². The van der Waals surface area contributed by atoms with Crippen LogP contribution in [0.2, 0.25) is 0 Å². The SMILES string of the molecule is COc1ccccc1-c1cc(C(=O)NCc2ccc(OCc3ccccc3)cc2)[nH]n1. The van der Waals surface area contributed by atoms with E-state index in [0.717, 1.165) is 22.4 Å².